The number of phenols is 1. The highest BCUT2D eigenvalue weighted by Crippen LogP contribution is 2.27. The van der Waals surface area contributed by atoms with Gasteiger partial charge in [-0.2, -0.15) is 0 Å². The summed E-state index contributed by atoms with van der Waals surface area (Å²) >= 11 is 0. The zero-order valence-electron chi connectivity index (χ0n) is 8.69. The SMILES string of the molecule is CCc1ccc(O)c([N+](=O)N(C)C)c1. The average molecular weight is 195 g/mol. The van der Waals surface area contributed by atoms with Crippen molar-refractivity contribution in [3.63, 3.8) is 0 Å². The van der Waals surface area contributed by atoms with Gasteiger partial charge in [0.25, 0.3) is 0 Å². The van der Waals surface area contributed by atoms with Crippen LogP contribution in [0.15, 0.2) is 18.2 Å². The fourth-order valence-electron chi connectivity index (χ4n) is 1.16. The predicted molar refractivity (Wildman–Crippen MR) is 54.5 cm³/mol. The van der Waals surface area contributed by atoms with Crippen molar-refractivity contribution in [3.8, 4) is 5.75 Å². The second-order valence-corrected chi connectivity index (χ2v) is 3.30. The van der Waals surface area contributed by atoms with Crippen molar-refractivity contribution >= 4 is 5.69 Å². The first kappa shape index (κ1) is 10.5. The van der Waals surface area contributed by atoms with Crippen LogP contribution in [0.1, 0.15) is 12.5 Å². The van der Waals surface area contributed by atoms with Crippen LogP contribution >= 0.6 is 0 Å². The summed E-state index contributed by atoms with van der Waals surface area (Å²) < 4.78 is 0. The van der Waals surface area contributed by atoms with Crippen molar-refractivity contribution in [2.24, 2.45) is 0 Å². The van der Waals surface area contributed by atoms with E-state index in [1.54, 1.807) is 26.2 Å². The van der Waals surface area contributed by atoms with E-state index >= 15 is 0 Å². The van der Waals surface area contributed by atoms with Gasteiger partial charge in [-0.25, -0.2) is 0 Å². The van der Waals surface area contributed by atoms with Crippen molar-refractivity contribution in [1.29, 1.82) is 0 Å². The lowest BCUT2D eigenvalue weighted by molar-refractivity contribution is -0.628. The Kier molecular flexibility index (Phi) is 3.06. The third kappa shape index (κ3) is 2.02. The summed E-state index contributed by atoms with van der Waals surface area (Å²) in [6, 6.07) is 5.05. The molecule has 14 heavy (non-hydrogen) atoms. The fraction of sp³-hybridized carbons (Fsp3) is 0.400. The van der Waals surface area contributed by atoms with Crippen LogP contribution in [0.2, 0.25) is 0 Å². The van der Waals surface area contributed by atoms with E-state index in [1.807, 2.05) is 13.0 Å². The van der Waals surface area contributed by atoms with Gasteiger partial charge in [-0.05, 0) is 18.1 Å². The number of nitrogens with zero attached hydrogens (tertiary/aromatic N) is 2. The highest BCUT2D eigenvalue weighted by Gasteiger charge is 2.21. The second kappa shape index (κ2) is 4.09. The standard InChI is InChI=1S/C10H14N2O2/c1-4-8-5-6-10(13)9(7-8)12(14)11(2)3/h5-7H,4H2,1-3H3/p+1. The first-order valence-electron chi connectivity index (χ1n) is 4.52. The van der Waals surface area contributed by atoms with E-state index in [2.05, 4.69) is 0 Å². The quantitative estimate of drug-likeness (QED) is 0.591. The molecule has 0 fully saturated rings. The van der Waals surface area contributed by atoms with Crippen LogP contribution in [0, 0.1) is 4.91 Å². The monoisotopic (exact) mass is 195 g/mol. The van der Waals surface area contributed by atoms with Crippen LogP contribution in [0.3, 0.4) is 0 Å². The molecule has 0 aliphatic carbocycles. The van der Waals surface area contributed by atoms with E-state index in [9.17, 15) is 10.0 Å². The summed E-state index contributed by atoms with van der Waals surface area (Å²) in [6.07, 6.45) is 0.842. The van der Waals surface area contributed by atoms with Crippen LogP contribution in [0.4, 0.5) is 5.69 Å². The number of phenolic OH excluding ortho intramolecular Hbond substituents is 1. The summed E-state index contributed by atoms with van der Waals surface area (Å²) in [5.74, 6) is 0.00546. The molecule has 1 aromatic rings. The highest BCUT2D eigenvalue weighted by atomic mass is 16.3. The Hall–Kier alpha value is -1.58. The summed E-state index contributed by atoms with van der Waals surface area (Å²) in [6.45, 7) is 2.00. The number of nitroso groups, excluding NO2 is 1. The lowest BCUT2D eigenvalue weighted by Crippen LogP contribution is -2.20. The topological polar surface area (TPSA) is 43.6 Å². The number of benzene rings is 1. The molecule has 1 N–H and O–H groups in total. The summed E-state index contributed by atoms with van der Waals surface area (Å²) in [7, 11) is 3.26. The molecule has 76 valence electrons. The van der Waals surface area contributed by atoms with Gasteiger partial charge >= 0.3 is 5.69 Å². The van der Waals surface area contributed by atoms with Gasteiger partial charge in [-0.15, -0.1) is 5.01 Å². The molecule has 0 unspecified atom stereocenters. The molecule has 0 saturated heterocycles. The van der Waals surface area contributed by atoms with E-state index in [-0.39, 0.29) is 11.4 Å². The maximum absolute atomic E-state index is 11.5. The maximum atomic E-state index is 11.5. The molecule has 0 aliphatic rings. The van der Waals surface area contributed by atoms with Crippen molar-refractivity contribution in [2.75, 3.05) is 14.1 Å². The Labute approximate surface area is 83.3 Å². The van der Waals surface area contributed by atoms with E-state index in [0.717, 1.165) is 12.0 Å². The molecule has 0 radical (unpaired) electrons. The highest BCUT2D eigenvalue weighted by molar-refractivity contribution is 5.47. The molecule has 0 saturated carbocycles. The van der Waals surface area contributed by atoms with Gasteiger partial charge in [0.05, 0.1) is 19.0 Å². The van der Waals surface area contributed by atoms with Crippen LogP contribution in [0.5, 0.6) is 5.75 Å². The molecule has 0 atom stereocenters. The Morgan fingerprint density at radius 2 is 2.07 bits per heavy atom. The molecular weight excluding hydrogens is 180 g/mol. The first-order chi connectivity index (χ1) is 6.56. The summed E-state index contributed by atoms with van der Waals surface area (Å²) in [5, 5.41) is 10.9. The van der Waals surface area contributed by atoms with E-state index in [0.29, 0.717) is 4.87 Å². The normalized spacial score (nSPS) is 9.93. The predicted octanol–water partition coefficient (Wildman–Crippen LogP) is 1.84. The average Bonchev–Trinajstić information content (AvgIpc) is 2.17. The Morgan fingerprint density at radius 3 is 2.57 bits per heavy atom. The molecule has 0 aliphatic heterocycles. The first-order valence-corrected chi connectivity index (χ1v) is 4.52. The van der Waals surface area contributed by atoms with E-state index in [4.69, 9.17) is 0 Å². The van der Waals surface area contributed by atoms with Gasteiger partial charge in [0.2, 0.25) is 0 Å². The second-order valence-electron chi connectivity index (χ2n) is 3.30. The van der Waals surface area contributed by atoms with Gasteiger partial charge in [-0.1, -0.05) is 13.0 Å². The molecular formula is C10H15N2O2+. The van der Waals surface area contributed by atoms with Gasteiger partial charge in [0.15, 0.2) is 10.6 Å². The van der Waals surface area contributed by atoms with Gasteiger partial charge < -0.3 is 5.11 Å². The third-order valence-corrected chi connectivity index (χ3v) is 2.02. The number of hydrogen-bond donors (Lipinski definition) is 1. The molecule has 0 amide bonds. The largest absolute Gasteiger partial charge is 0.502 e. The molecule has 0 spiro atoms. The number of hydrogen-bond acceptors (Lipinski definition) is 2. The number of aryl methyl sites for hydroxylation is 1. The van der Waals surface area contributed by atoms with Crippen LogP contribution in [-0.2, 0) is 6.42 Å². The van der Waals surface area contributed by atoms with Gasteiger partial charge in [-0.3, -0.25) is 0 Å². The van der Waals surface area contributed by atoms with Crippen LogP contribution < -0.4 is 0 Å². The number of aromatic hydroxyl groups is 1. The lowest BCUT2D eigenvalue weighted by Gasteiger charge is -2.03. The van der Waals surface area contributed by atoms with Gasteiger partial charge in [0, 0.05) is 6.07 Å². The maximum Gasteiger partial charge on any atom is 0.333 e. The zero-order valence-corrected chi connectivity index (χ0v) is 8.69. The smallest absolute Gasteiger partial charge is 0.333 e. The molecule has 4 nitrogen and oxygen atoms in total. The van der Waals surface area contributed by atoms with Crippen molar-refractivity contribution in [2.45, 2.75) is 13.3 Å². The molecule has 1 rings (SSSR count). The molecule has 0 bridgehead atoms. The lowest BCUT2D eigenvalue weighted by atomic mass is 10.1. The van der Waals surface area contributed by atoms with Crippen molar-refractivity contribution < 1.29 is 9.98 Å². The molecule has 4 heteroatoms. The molecule has 0 heterocycles. The van der Waals surface area contributed by atoms with Gasteiger partial charge in [0.1, 0.15) is 0 Å². The van der Waals surface area contributed by atoms with E-state index in [1.165, 1.54) is 5.01 Å². The van der Waals surface area contributed by atoms with Crippen molar-refractivity contribution in [3.05, 3.63) is 28.7 Å². The number of hydrazine groups is 1. The number of rotatable bonds is 3. The minimum atomic E-state index is 0.00546. The summed E-state index contributed by atoms with van der Waals surface area (Å²) in [5.41, 5.74) is 1.31. The minimum absolute atomic E-state index is 0.00546. The molecule has 0 aromatic heterocycles. The zero-order chi connectivity index (χ0) is 10.7. The fourth-order valence-corrected chi connectivity index (χ4v) is 1.16. The Balaban J connectivity index is 3.12. The third-order valence-electron chi connectivity index (χ3n) is 2.02. The summed E-state index contributed by atoms with van der Waals surface area (Å²) in [4.78, 5) is 12.2. The van der Waals surface area contributed by atoms with E-state index < -0.39 is 0 Å². The van der Waals surface area contributed by atoms with Crippen LogP contribution in [-0.4, -0.2) is 29.1 Å². The molecule has 1 aromatic carbocycles. The van der Waals surface area contributed by atoms with Crippen molar-refractivity contribution in [1.82, 2.24) is 5.01 Å². The van der Waals surface area contributed by atoms with Crippen LogP contribution in [0.25, 0.3) is 0 Å². The Bertz CT molecular complexity index is 348. The minimum Gasteiger partial charge on any atom is -0.502 e. The Morgan fingerprint density at radius 1 is 1.43 bits per heavy atom.